The fourth-order valence-electron chi connectivity index (χ4n) is 0.370. The van der Waals surface area contributed by atoms with Gasteiger partial charge >= 0.3 is 12.2 Å². The summed E-state index contributed by atoms with van der Waals surface area (Å²) in [5.41, 5.74) is 1.74. The Bertz CT molecular complexity index is 208. The van der Waals surface area contributed by atoms with Crippen LogP contribution in [0.25, 0.3) is 0 Å². The third-order valence-corrected chi connectivity index (χ3v) is 0.708. The molecule has 1 heterocycles. The molecule has 6 heteroatoms. The second-order valence-corrected chi connectivity index (χ2v) is 1.33. The van der Waals surface area contributed by atoms with E-state index in [1.165, 1.54) is 12.5 Å². The zero-order chi connectivity index (χ0) is 7.40. The van der Waals surface area contributed by atoms with Crippen LogP contribution >= 0.6 is 0 Å². The van der Waals surface area contributed by atoms with E-state index in [0.29, 0.717) is 0 Å². The number of hydrogen-bond donors (Lipinski definition) is 2. The molecule has 3 N–H and O–H groups in total. The lowest BCUT2D eigenvalue weighted by Crippen LogP contribution is -2.32. The Hall–Kier alpha value is -1.56. The summed E-state index contributed by atoms with van der Waals surface area (Å²) in [4.78, 5) is 13.8. The van der Waals surface area contributed by atoms with E-state index < -0.39 is 6.09 Å². The molecule has 0 aliphatic heterocycles. The first-order valence-electron chi connectivity index (χ1n) is 2.41. The maximum Gasteiger partial charge on any atom is 0.430 e. The molecule has 6 nitrogen and oxygen atoms in total. The van der Waals surface area contributed by atoms with Crippen molar-refractivity contribution >= 4 is 6.09 Å². The molecule has 0 spiro atoms. The van der Waals surface area contributed by atoms with Crippen LogP contribution in [0.3, 0.4) is 0 Å². The predicted octanol–water partition coefficient (Wildman–Crippen LogP) is -0.363. The van der Waals surface area contributed by atoms with Gasteiger partial charge in [0.25, 0.3) is 0 Å². The molecule has 0 bridgehead atoms. The highest BCUT2D eigenvalue weighted by atomic mass is 16.6. The molecule has 0 saturated carbocycles. The van der Waals surface area contributed by atoms with Gasteiger partial charge in [0.2, 0.25) is 0 Å². The summed E-state index contributed by atoms with van der Waals surface area (Å²) >= 11 is 0. The number of aromatic nitrogens is 1. The minimum absolute atomic E-state index is 0.136. The van der Waals surface area contributed by atoms with Crippen molar-refractivity contribution in [3.05, 3.63) is 12.5 Å². The van der Waals surface area contributed by atoms with Crippen LogP contribution in [0.2, 0.25) is 0 Å². The van der Waals surface area contributed by atoms with Crippen molar-refractivity contribution in [1.29, 1.82) is 0 Å². The van der Waals surface area contributed by atoms with Crippen LogP contribution in [-0.2, 0) is 0 Å². The number of carbonyl (C=O) groups excluding carboxylic acids is 1. The summed E-state index contributed by atoms with van der Waals surface area (Å²) in [7, 11) is 0. The van der Waals surface area contributed by atoms with Crippen molar-refractivity contribution in [3.63, 3.8) is 0 Å². The van der Waals surface area contributed by atoms with Gasteiger partial charge in [-0.3, -0.25) is 5.43 Å². The van der Waals surface area contributed by atoms with Gasteiger partial charge in [0.05, 0.1) is 6.20 Å². The molecule has 0 aliphatic carbocycles. The molecule has 0 radical (unpaired) electrons. The van der Waals surface area contributed by atoms with Crippen molar-refractivity contribution in [2.75, 3.05) is 0 Å². The van der Waals surface area contributed by atoms with Gasteiger partial charge in [-0.2, -0.15) is 4.98 Å². The van der Waals surface area contributed by atoms with Gasteiger partial charge in [-0.15, -0.1) is 0 Å². The molecule has 1 aromatic rings. The van der Waals surface area contributed by atoms with E-state index >= 15 is 0 Å². The highest BCUT2D eigenvalue weighted by Crippen LogP contribution is 2.03. The normalized spacial score (nSPS) is 8.90. The highest BCUT2D eigenvalue weighted by molar-refractivity contribution is 5.68. The van der Waals surface area contributed by atoms with E-state index in [0.717, 1.165) is 0 Å². The average Bonchev–Trinajstić information content (AvgIpc) is 2.40. The first-order chi connectivity index (χ1) is 4.83. The number of carbonyl (C=O) groups is 1. The van der Waals surface area contributed by atoms with E-state index in [4.69, 9.17) is 5.84 Å². The molecule has 10 heavy (non-hydrogen) atoms. The van der Waals surface area contributed by atoms with E-state index in [-0.39, 0.29) is 6.08 Å². The predicted molar refractivity (Wildman–Crippen MR) is 29.9 cm³/mol. The molecular formula is C4H5N3O3. The quantitative estimate of drug-likeness (QED) is 0.318. The Balaban J connectivity index is 2.48. The largest absolute Gasteiger partial charge is 0.430 e. The third-order valence-electron chi connectivity index (χ3n) is 0.708. The number of amides is 1. The van der Waals surface area contributed by atoms with Crippen LogP contribution in [0.5, 0.6) is 6.08 Å². The van der Waals surface area contributed by atoms with Gasteiger partial charge in [-0.25, -0.2) is 10.6 Å². The highest BCUT2D eigenvalue weighted by Gasteiger charge is 2.03. The number of nitrogens with zero attached hydrogens (tertiary/aromatic N) is 1. The zero-order valence-corrected chi connectivity index (χ0v) is 4.90. The van der Waals surface area contributed by atoms with Crippen molar-refractivity contribution in [2.45, 2.75) is 0 Å². The maximum atomic E-state index is 10.3. The van der Waals surface area contributed by atoms with Crippen LogP contribution in [-0.4, -0.2) is 11.1 Å². The molecule has 54 valence electrons. The molecule has 0 aliphatic rings. The minimum Gasteiger partial charge on any atom is -0.417 e. The summed E-state index contributed by atoms with van der Waals surface area (Å²) < 4.78 is 8.91. The first-order valence-corrected chi connectivity index (χ1v) is 2.41. The molecule has 0 fully saturated rings. The summed E-state index contributed by atoms with van der Waals surface area (Å²) in [6.07, 6.45) is 1.67. The Morgan fingerprint density at radius 2 is 2.70 bits per heavy atom. The summed E-state index contributed by atoms with van der Waals surface area (Å²) in [5, 5.41) is 0. The maximum absolute atomic E-state index is 10.3. The number of rotatable bonds is 1. The lowest BCUT2D eigenvalue weighted by atomic mass is 11.0. The smallest absolute Gasteiger partial charge is 0.417 e. The van der Waals surface area contributed by atoms with Gasteiger partial charge in [0.1, 0.15) is 6.26 Å². The van der Waals surface area contributed by atoms with E-state index in [1.807, 2.05) is 0 Å². The van der Waals surface area contributed by atoms with Gasteiger partial charge < -0.3 is 9.15 Å². The molecule has 1 aromatic heterocycles. The standard InChI is InChI=1S/C4H5N3O3/c5-7-3(8)10-4-6-1-2-9-4/h1-2H,5H2,(H,7,8). The number of nitrogens with two attached hydrogens (primary N) is 1. The van der Waals surface area contributed by atoms with Crippen molar-refractivity contribution in [3.8, 4) is 6.08 Å². The number of hydrazine groups is 1. The molecular weight excluding hydrogens is 138 g/mol. The topological polar surface area (TPSA) is 90.4 Å². The first kappa shape index (κ1) is 6.56. The van der Waals surface area contributed by atoms with Gasteiger partial charge in [-0.05, 0) is 0 Å². The van der Waals surface area contributed by atoms with Gasteiger partial charge in [0.15, 0.2) is 0 Å². The summed E-state index contributed by atoms with van der Waals surface area (Å²) in [6, 6.07) is 0. The van der Waals surface area contributed by atoms with Crippen LogP contribution in [0, 0.1) is 0 Å². The molecule has 0 atom stereocenters. The minimum atomic E-state index is -0.817. The Morgan fingerprint density at radius 3 is 3.20 bits per heavy atom. The molecule has 0 unspecified atom stereocenters. The van der Waals surface area contributed by atoms with Crippen LogP contribution in [0.15, 0.2) is 16.9 Å². The van der Waals surface area contributed by atoms with Crippen LogP contribution in [0.1, 0.15) is 0 Å². The fraction of sp³-hybridized carbons (Fsp3) is 0. The number of oxazole rings is 1. The van der Waals surface area contributed by atoms with Crippen LogP contribution in [0.4, 0.5) is 4.79 Å². The second-order valence-electron chi connectivity index (χ2n) is 1.33. The molecule has 0 saturated heterocycles. The van der Waals surface area contributed by atoms with Crippen molar-refractivity contribution in [1.82, 2.24) is 10.4 Å². The SMILES string of the molecule is NNC(=O)Oc1ncco1. The van der Waals surface area contributed by atoms with E-state index in [9.17, 15) is 4.79 Å². The molecule has 1 rings (SSSR count). The van der Waals surface area contributed by atoms with E-state index in [2.05, 4.69) is 14.1 Å². The average molecular weight is 143 g/mol. The monoisotopic (exact) mass is 143 g/mol. The molecule has 0 aromatic carbocycles. The Labute approximate surface area is 55.9 Å². The van der Waals surface area contributed by atoms with E-state index in [1.54, 1.807) is 5.43 Å². The fourth-order valence-corrected chi connectivity index (χ4v) is 0.370. The van der Waals surface area contributed by atoms with Crippen molar-refractivity contribution < 1.29 is 13.9 Å². The zero-order valence-electron chi connectivity index (χ0n) is 4.90. The van der Waals surface area contributed by atoms with Crippen molar-refractivity contribution in [2.24, 2.45) is 5.84 Å². The lowest BCUT2D eigenvalue weighted by Gasteiger charge is -1.94. The third kappa shape index (κ3) is 1.46. The Morgan fingerprint density at radius 1 is 1.90 bits per heavy atom. The summed E-state index contributed by atoms with van der Waals surface area (Å²) in [6.45, 7) is 0. The van der Waals surface area contributed by atoms with Crippen LogP contribution < -0.4 is 16.0 Å². The summed E-state index contributed by atoms with van der Waals surface area (Å²) in [5.74, 6) is 4.69. The molecule has 1 amide bonds. The number of hydrogen-bond acceptors (Lipinski definition) is 5. The lowest BCUT2D eigenvalue weighted by molar-refractivity contribution is 0.184. The second kappa shape index (κ2) is 2.83. The van der Waals surface area contributed by atoms with Gasteiger partial charge in [-0.1, -0.05) is 0 Å². The number of ether oxygens (including phenoxy) is 1. The van der Waals surface area contributed by atoms with Gasteiger partial charge in [0, 0.05) is 0 Å². The Kier molecular flexibility index (Phi) is 1.86. The number of nitrogens with one attached hydrogen (secondary N) is 1.